The van der Waals surface area contributed by atoms with E-state index in [1.165, 1.54) is 70.6 Å². The number of unbranched alkanes of at least 4 members (excludes halogenated alkanes) is 11. The van der Waals surface area contributed by atoms with E-state index in [0.29, 0.717) is 11.5 Å². The smallest absolute Gasteiger partial charge is 0.243 e. The van der Waals surface area contributed by atoms with E-state index in [2.05, 4.69) is 33.8 Å². The fourth-order valence-electron chi connectivity index (χ4n) is 5.75. The minimum Gasteiger partial charge on any atom is -0.493 e. The Bertz CT molecular complexity index is 1390. The molecule has 0 fully saturated rings. The lowest BCUT2D eigenvalue weighted by atomic mass is 9.85. The van der Waals surface area contributed by atoms with Crippen molar-refractivity contribution in [1.29, 1.82) is 0 Å². The lowest BCUT2D eigenvalue weighted by molar-refractivity contribution is -0.672. The summed E-state index contributed by atoms with van der Waals surface area (Å²) in [5.74, 6) is 0.900. The molecule has 1 aromatic heterocycles. The highest BCUT2D eigenvalue weighted by atomic mass is 32.2. The summed E-state index contributed by atoms with van der Waals surface area (Å²) < 4.78 is 37.7. The van der Waals surface area contributed by atoms with Crippen molar-refractivity contribution in [1.82, 2.24) is 4.31 Å². The van der Waals surface area contributed by atoms with Gasteiger partial charge < -0.3 is 4.74 Å². The molecule has 0 saturated carbocycles. The molecule has 0 bridgehead atoms. The van der Waals surface area contributed by atoms with Gasteiger partial charge in [-0.05, 0) is 54.2 Å². The molecule has 0 N–H and O–H groups in total. The molecule has 0 unspecified atom stereocenters. The molecular weight excluding hydrogens is 577 g/mol. The second kappa shape index (κ2) is 18.4. The number of hydrogen-bond acceptors (Lipinski definition) is 3. The fourth-order valence-corrected chi connectivity index (χ4v) is 7.16. The van der Waals surface area contributed by atoms with Gasteiger partial charge in [-0.15, -0.1) is 0 Å². The summed E-state index contributed by atoms with van der Waals surface area (Å²) in [5, 5.41) is 0. The van der Waals surface area contributed by atoms with Crippen LogP contribution in [0, 0.1) is 6.92 Å². The quantitative estimate of drug-likeness (QED) is 0.0918. The lowest BCUT2D eigenvalue weighted by Gasteiger charge is -2.26. The Balaban J connectivity index is 1.62. The minimum atomic E-state index is -3.73. The number of hydrogen-bond donors (Lipinski definition) is 0. The van der Waals surface area contributed by atoms with Gasteiger partial charge >= 0.3 is 0 Å². The molecule has 3 aromatic rings. The number of aromatic nitrogens is 1. The van der Waals surface area contributed by atoms with Gasteiger partial charge in [0.2, 0.25) is 10.0 Å². The number of pyridine rings is 1. The van der Waals surface area contributed by atoms with Crippen molar-refractivity contribution in [3.8, 4) is 5.75 Å². The van der Waals surface area contributed by atoms with Crippen LogP contribution in [0.4, 0.5) is 0 Å². The van der Waals surface area contributed by atoms with Crippen LogP contribution in [-0.4, -0.2) is 19.3 Å². The third-order valence-electron chi connectivity index (χ3n) is 8.49. The second-order valence-corrected chi connectivity index (χ2v) is 15.7. The summed E-state index contributed by atoms with van der Waals surface area (Å²) in [6.45, 7) is 12.1. The molecular formula is C39H59N2O3S+. The predicted molar refractivity (Wildman–Crippen MR) is 187 cm³/mol. The molecule has 0 aliphatic heterocycles. The van der Waals surface area contributed by atoms with Crippen molar-refractivity contribution in [2.45, 2.75) is 135 Å². The Morgan fingerprint density at radius 1 is 0.756 bits per heavy atom. The zero-order valence-corrected chi connectivity index (χ0v) is 29.8. The predicted octanol–water partition coefficient (Wildman–Crippen LogP) is 9.59. The molecule has 0 aliphatic rings. The third kappa shape index (κ3) is 12.5. The molecule has 0 spiro atoms. The standard InChI is InChI=1S/C39H59N2O3S/c1-7-8-9-10-11-12-13-14-15-16-17-18-28-44-38-26-23-34(29-37(38)39(3,4)5)31-41(32-35-20-19-27-40(6)30-35)45(42,43)36-24-21-33(2)22-25-36/h19-27,29-30H,7-18,28,31-32H2,1-6H3/q+1. The van der Waals surface area contributed by atoms with E-state index in [0.717, 1.165) is 34.4 Å². The number of ether oxygens (including phenoxy) is 1. The highest BCUT2D eigenvalue weighted by molar-refractivity contribution is 7.89. The molecule has 6 heteroatoms. The summed E-state index contributed by atoms with van der Waals surface area (Å²) in [6, 6.07) is 17.2. The number of nitrogens with zero attached hydrogens (tertiary/aromatic N) is 2. The maximum Gasteiger partial charge on any atom is 0.243 e. The Morgan fingerprint density at radius 2 is 1.33 bits per heavy atom. The van der Waals surface area contributed by atoms with E-state index in [-0.39, 0.29) is 18.5 Å². The van der Waals surface area contributed by atoms with Crippen LogP contribution < -0.4 is 9.30 Å². The molecule has 0 radical (unpaired) electrons. The third-order valence-corrected chi connectivity index (χ3v) is 10.3. The molecule has 3 rings (SSSR count). The summed E-state index contributed by atoms with van der Waals surface area (Å²) in [5.41, 5.74) is 3.89. The first-order valence-corrected chi connectivity index (χ1v) is 18.7. The van der Waals surface area contributed by atoms with Crippen LogP contribution in [-0.2, 0) is 35.6 Å². The summed E-state index contributed by atoms with van der Waals surface area (Å²) in [7, 11) is -1.78. The van der Waals surface area contributed by atoms with Gasteiger partial charge in [-0.1, -0.05) is 128 Å². The van der Waals surface area contributed by atoms with Crippen LogP contribution in [0.3, 0.4) is 0 Å². The van der Waals surface area contributed by atoms with E-state index in [4.69, 9.17) is 4.74 Å². The normalized spacial score (nSPS) is 12.2. The van der Waals surface area contributed by atoms with Crippen molar-refractivity contribution < 1.29 is 17.7 Å². The maximum atomic E-state index is 13.9. The van der Waals surface area contributed by atoms with Gasteiger partial charge in [0.25, 0.3) is 0 Å². The Kier molecular flexibility index (Phi) is 15.1. The zero-order valence-electron chi connectivity index (χ0n) is 29.0. The maximum absolute atomic E-state index is 13.9. The van der Waals surface area contributed by atoms with Gasteiger partial charge in [0.1, 0.15) is 12.8 Å². The molecule has 45 heavy (non-hydrogen) atoms. The molecule has 0 saturated heterocycles. The van der Waals surface area contributed by atoms with Crippen molar-refractivity contribution in [3.05, 3.63) is 89.2 Å². The van der Waals surface area contributed by atoms with E-state index >= 15 is 0 Å². The average molecular weight is 636 g/mol. The van der Waals surface area contributed by atoms with E-state index in [1.54, 1.807) is 16.4 Å². The van der Waals surface area contributed by atoms with Crippen molar-refractivity contribution in [3.63, 3.8) is 0 Å². The molecule has 0 atom stereocenters. The molecule has 1 heterocycles. The fraction of sp³-hybridized carbons (Fsp3) is 0.564. The van der Waals surface area contributed by atoms with Crippen molar-refractivity contribution in [2.75, 3.05) is 6.61 Å². The van der Waals surface area contributed by atoms with E-state index in [1.807, 2.05) is 67.3 Å². The molecule has 5 nitrogen and oxygen atoms in total. The van der Waals surface area contributed by atoms with Crippen molar-refractivity contribution >= 4 is 10.0 Å². The van der Waals surface area contributed by atoms with Gasteiger partial charge in [-0.2, -0.15) is 4.31 Å². The van der Waals surface area contributed by atoms with Crippen LogP contribution in [0.2, 0.25) is 0 Å². The van der Waals surface area contributed by atoms with Gasteiger partial charge in [-0.3, -0.25) is 0 Å². The molecule has 0 aliphatic carbocycles. The number of benzene rings is 2. The highest BCUT2D eigenvalue weighted by Crippen LogP contribution is 2.33. The van der Waals surface area contributed by atoms with Crippen LogP contribution >= 0.6 is 0 Å². The average Bonchev–Trinajstić information content (AvgIpc) is 2.99. The first-order chi connectivity index (χ1) is 21.5. The molecule has 248 valence electrons. The topological polar surface area (TPSA) is 50.5 Å². The first kappa shape index (κ1) is 36.8. The first-order valence-electron chi connectivity index (χ1n) is 17.3. The second-order valence-electron chi connectivity index (χ2n) is 13.8. The Labute approximate surface area is 275 Å². The van der Waals surface area contributed by atoms with E-state index in [9.17, 15) is 8.42 Å². The minimum absolute atomic E-state index is 0.143. The summed E-state index contributed by atoms with van der Waals surface area (Å²) in [4.78, 5) is 0.312. The highest BCUT2D eigenvalue weighted by Gasteiger charge is 2.27. The van der Waals surface area contributed by atoms with Crippen LogP contribution in [0.5, 0.6) is 5.75 Å². The van der Waals surface area contributed by atoms with E-state index < -0.39 is 10.0 Å². The van der Waals surface area contributed by atoms with Gasteiger partial charge in [0.15, 0.2) is 12.4 Å². The Morgan fingerprint density at radius 3 is 1.91 bits per heavy atom. The summed E-state index contributed by atoms with van der Waals surface area (Å²) >= 11 is 0. The lowest BCUT2D eigenvalue weighted by Crippen LogP contribution is -2.33. The van der Waals surface area contributed by atoms with Gasteiger partial charge in [0.05, 0.1) is 11.5 Å². The SMILES string of the molecule is CCCCCCCCCCCCCCOc1ccc(CN(Cc2ccc[n+](C)c2)S(=O)(=O)c2ccc(C)cc2)cc1C(C)(C)C. The monoisotopic (exact) mass is 635 g/mol. The summed E-state index contributed by atoms with van der Waals surface area (Å²) in [6.07, 6.45) is 19.8. The van der Waals surface area contributed by atoms with Gasteiger partial charge in [0, 0.05) is 24.7 Å². The number of aryl methyl sites for hydroxylation is 2. The zero-order chi connectivity index (χ0) is 32.7. The van der Waals surface area contributed by atoms with Crippen LogP contribution in [0.15, 0.2) is 71.9 Å². The molecule has 0 amide bonds. The largest absolute Gasteiger partial charge is 0.493 e. The number of sulfonamides is 1. The van der Waals surface area contributed by atoms with Crippen LogP contribution in [0.1, 0.15) is 127 Å². The Hall–Kier alpha value is -2.70. The van der Waals surface area contributed by atoms with Crippen LogP contribution in [0.25, 0.3) is 0 Å². The van der Waals surface area contributed by atoms with Crippen molar-refractivity contribution in [2.24, 2.45) is 7.05 Å². The number of rotatable bonds is 20. The molecule has 2 aromatic carbocycles. The van der Waals surface area contributed by atoms with Gasteiger partial charge in [-0.25, -0.2) is 13.0 Å².